The van der Waals surface area contributed by atoms with Crippen LogP contribution in [0, 0.1) is 12.3 Å². The van der Waals surface area contributed by atoms with Crippen molar-refractivity contribution in [2.24, 2.45) is 11.5 Å². The predicted molar refractivity (Wildman–Crippen MR) is 136 cm³/mol. The summed E-state index contributed by atoms with van der Waals surface area (Å²) in [6, 6.07) is 10.3. The van der Waals surface area contributed by atoms with Gasteiger partial charge in [-0.2, -0.15) is 5.48 Å². The summed E-state index contributed by atoms with van der Waals surface area (Å²) in [6.07, 6.45) is 2.58. The van der Waals surface area contributed by atoms with Gasteiger partial charge in [0.15, 0.2) is 5.96 Å². The maximum Gasteiger partial charge on any atom is 0.255 e. The van der Waals surface area contributed by atoms with E-state index in [1.165, 1.54) is 0 Å². The number of hydroxylamine groups is 1. The number of aryl methyl sites for hydroxylation is 1. The number of amides is 2. The van der Waals surface area contributed by atoms with Gasteiger partial charge in [0, 0.05) is 23.0 Å². The molecule has 0 bridgehead atoms. The van der Waals surface area contributed by atoms with Crippen molar-refractivity contribution in [3.8, 4) is 5.75 Å². The molecule has 0 spiro atoms. The highest BCUT2D eigenvalue weighted by Crippen LogP contribution is 2.26. The van der Waals surface area contributed by atoms with Gasteiger partial charge in [0.25, 0.3) is 5.91 Å². The zero-order valence-corrected chi connectivity index (χ0v) is 20.1. The summed E-state index contributed by atoms with van der Waals surface area (Å²) < 4.78 is 6.00. The topological polar surface area (TPSA) is 188 Å². The number of rotatable bonds is 13. The van der Waals surface area contributed by atoms with E-state index in [2.05, 4.69) is 16.0 Å². The van der Waals surface area contributed by atoms with Crippen molar-refractivity contribution in [1.29, 1.82) is 5.41 Å². The fraction of sp³-hybridized carbons (Fsp3) is 0.375. The molecule has 0 aliphatic rings. The highest BCUT2D eigenvalue weighted by Gasteiger charge is 2.17. The number of hydrogen-bond donors (Lipinski definition) is 8. The first-order chi connectivity index (χ1) is 16.7. The molecule has 0 saturated heterocycles. The Bertz CT molecular complexity index is 1030. The Morgan fingerprint density at radius 2 is 1.91 bits per heavy atom. The molecule has 190 valence electrons. The number of carbonyl (C=O) groups is 2. The molecule has 35 heavy (non-hydrogen) atoms. The molecule has 0 saturated carbocycles. The molecule has 2 rings (SSSR count). The first kappa shape index (κ1) is 27.6. The molecule has 0 aromatic heterocycles. The summed E-state index contributed by atoms with van der Waals surface area (Å²) in [5.41, 5.74) is 15.7. The van der Waals surface area contributed by atoms with Gasteiger partial charge >= 0.3 is 0 Å². The van der Waals surface area contributed by atoms with Crippen LogP contribution in [-0.2, 0) is 11.4 Å². The number of hydrogen-bond acceptors (Lipinski definition) is 7. The van der Waals surface area contributed by atoms with Crippen molar-refractivity contribution in [2.45, 2.75) is 45.8 Å². The third-order valence-electron chi connectivity index (χ3n) is 5.13. The van der Waals surface area contributed by atoms with E-state index < -0.39 is 5.91 Å². The SMILES string of the molecule is Cc1ccc(COc2ccc(NC(=N)N)cc2C(=O)NC(C)CCCCN)c(NC(=O)CNO)c1. The van der Waals surface area contributed by atoms with Crippen molar-refractivity contribution in [3.63, 3.8) is 0 Å². The van der Waals surface area contributed by atoms with Crippen LogP contribution in [0.25, 0.3) is 0 Å². The maximum atomic E-state index is 13.1. The molecular weight excluding hydrogens is 450 g/mol. The summed E-state index contributed by atoms with van der Waals surface area (Å²) in [4.78, 5) is 25.0. The van der Waals surface area contributed by atoms with E-state index in [1.54, 1.807) is 24.3 Å². The molecule has 0 radical (unpaired) electrons. The van der Waals surface area contributed by atoms with E-state index in [-0.39, 0.29) is 36.6 Å². The summed E-state index contributed by atoms with van der Waals surface area (Å²) in [6.45, 7) is 4.24. The molecule has 0 fully saturated rings. The molecule has 0 aliphatic carbocycles. The molecule has 0 aliphatic heterocycles. The Morgan fingerprint density at radius 3 is 2.60 bits per heavy atom. The van der Waals surface area contributed by atoms with Crippen molar-refractivity contribution < 1.29 is 19.5 Å². The highest BCUT2D eigenvalue weighted by atomic mass is 16.5. The van der Waals surface area contributed by atoms with Crippen LogP contribution in [0.2, 0.25) is 0 Å². The maximum absolute atomic E-state index is 13.1. The minimum Gasteiger partial charge on any atom is -0.488 e. The van der Waals surface area contributed by atoms with Crippen LogP contribution in [-0.4, -0.2) is 42.1 Å². The van der Waals surface area contributed by atoms with Gasteiger partial charge in [-0.15, -0.1) is 0 Å². The fourth-order valence-corrected chi connectivity index (χ4v) is 3.39. The quantitative estimate of drug-likeness (QED) is 0.0915. The van der Waals surface area contributed by atoms with E-state index >= 15 is 0 Å². The van der Waals surface area contributed by atoms with Crippen molar-refractivity contribution >= 4 is 29.1 Å². The van der Waals surface area contributed by atoms with Crippen LogP contribution in [0.3, 0.4) is 0 Å². The number of anilines is 2. The summed E-state index contributed by atoms with van der Waals surface area (Å²) in [5.74, 6) is -0.653. The molecule has 10 N–H and O–H groups in total. The molecule has 0 heterocycles. The van der Waals surface area contributed by atoms with Crippen molar-refractivity contribution in [1.82, 2.24) is 10.8 Å². The molecule has 2 aromatic rings. The van der Waals surface area contributed by atoms with Gasteiger partial charge in [0.1, 0.15) is 18.9 Å². The van der Waals surface area contributed by atoms with Crippen LogP contribution in [0.5, 0.6) is 5.75 Å². The van der Waals surface area contributed by atoms with E-state index in [0.29, 0.717) is 29.2 Å². The largest absolute Gasteiger partial charge is 0.488 e. The standard InChI is InChI=1S/C24H35N7O4/c1-15-6-7-17(20(11-15)31-22(32)13-28-34)14-35-21-9-8-18(30-24(26)27)12-19(21)23(33)29-16(2)5-3-4-10-25/h6-9,11-12,16,28,34H,3-5,10,13-14,25H2,1-2H3,(H,29,33)(H,31,32)(H4,26,27,30). The first-order valence-electron chi connectivity index (χ1n) is 11.4. The van der Waals surface area contributed by atoms with Crippen molar-refractivity contribution in [2.75, 3.05) is 23.7 Å². The van der Waals surface area contributed by atoms with Crippen LogP contribution in [0.1, 0.15) is 47.7 Å². The lowest BCUT2D eigenvalue weighted by molar-refractivity contribution is -0.116. The molecule has 1 unspecified atom stereocenters. The lowest BCUT2D eigenvalue weighted by Crippen LogP contribution is -2.33. The number of benzene rings is 2. The second kappa shape index (κ2) is 13.9. The fourth-order valence-electron chi connectivity index (χ4n) is 3.39. The van der Waals surface area contributed by atoms with Crippen LogP contribution < -0.4 is 37.6 Å². The predicted octanol–water partition coefficient (Wildman–Crippen LogP) is 2.04. The van der Waals surface area contributed by atoms with Crippen molar-refractivity contribution in [3.05, 3.63) is 53.1 Å². The number of carbonyl (C=O) groups excluding carboxylic acids is 2. The zero-order chi connectivity index (χ0) is 25.8. The second-order valence-corrected chi connectivity index (χ2v) is 8.24. The minimum absolute atomic E-state index is 0.0645. The lowest BCUT2D eigenvalue weighted by atomic mass is 10.1. The summed E-state index contributed by atoms with van der Waals surface area (Å²) in [7, 11) is 0. The van der Waals surface area contributed by atoms with Gasteiger partial charge in [-0.05, 0) is 63.1 Å². The second-order valence-electron chi connectivity index (χ2n) is 8.24. The monoisotopic (exact) mass is 485 g/mol. The van der Waals surface area contributed by atoms with Gasteiger partial charge in [0.05, 0.1) is 5.56 Å². The zero-order valence-electron chi connectivity index (χ0n) is 20.1. The Hall–Kier alpha value is -3.67. The number of guanidine groups is 1. The number of nitrogens with two attached hydrogens (primary N) is 2. The molecular formula is C24H35N7O4. The van der Waals surface area contributed by atoms with E-state index in [4.69, 9.17) is 26.8 Å². The smallest absolute Gasteiger partial charge is 0.255 e. The minimum atomic E-state index is -0.414. The molecule has 2 amide bonds. The molecule has 2 aromatic carbocycles. The van der Waals surface area contributed by atoms with Gasteiger partial charge in [-0.25, -0.2) is 0 Å². The van der Waals surface area contributed by atoms with E-state index in [1.807, 2.05) is 31.5 Å². The normalized spacial score (nSPS) is 11.4. The van der Waals surface area contributed by atoms with Crippen LogP contribution in [0.4, 0.5) is 11.4 Å². The number of ether oxygens (including phenoxy) is 1. The van der Waals surface area contributed by atoms with E-state index in [0.717, 1.165) is 24.8 Å². The Morgan fingerprint density at radius 1 is 1.14 bits per heavy atom. The molecule has 1 atom stereocenters. The first-order valence-corrected chi connectivity index (χ1v) is 11.4. The van der Waals surface area contributed by atoms with E-state index in [9.17, 15) is 9.59 Å². The van der Waals surface area contributed by atoms with Crippen LogP contribution in [0.15, 0.2) is 36.4 Å². The Balaban J connectivity index is 2.24. The van der Waals surface area contributed by atoms with Crippen LogP contribution >= 0.6 is 0 Å². The van der Waals surface area contributed by atoms with Gasteiger partial charge < -0.3 is 37.4 Å². The molecule has 11 nitrogen and oxygen atoms in total. The average molecular weight is 486 g/mol. The highest BCUT2D eigenvalue weighted by molar-refractivity contribution is 5.99. The lowest BCUT2D eigenvalue weighted by Gasteiger charge is -2.18. The number of unbranched alkanes of at least 4 members (excludes halogenated alkanes) is 1. The van der Waals surface area contributed by atoms with Gasteiger partial charge in [-0.3, -0.25) is 15.0 Å². The molecule has 11 heteroatoms. The Kier molecular flexibility index (Phi) is 10.9. The Labute approximate surface area is 205 Å². The number of nitrogens with one attached hydrogen (secondary N) is 5. The third-order valence-corrected chi connectivity index (χ3v) is 5.13. The van der Waals surface area contributed by atoms with Gasteiger partial charge in [0.2, 0.25) is 5.91 Å². The average Bonchev–Trinajstić information content (AvgIpc) is 2.79. The van der Waals surface area contributed by atoms with Gasteiger partial charge in [-0.1, -0.05) is 18.6 Å². The third kappa shape index (κ3) is 9.24. The summed E-state index contributed by atoms with van der Waals surface area (Å²) >= 11 is 0. The summed E-state index contributed by atoms with van der Waals surface area (Å²) in [5, 5.41) is 24.6.